The minimum Gasteiger partial charge on any atom is -0.361 e. The van der Waals surface area contributed by atoms with Crippen LogP contribution in [0, 0.1) is 25.2 Å². The van der Waals surface area contributed by atoms with E-state index in [1.165, 1.54) is 27.6 Å². The summed E-state index contributed by atoms with van der Waals surface area (Å²) in [7, 11) is 0. The molecule has 0 atom stereocenters. The van der Waals surface area contributed by atoms with Gasteiger partial charge in [0.25, 0.3) is 0 Å². The third kappa shape index (κ3) is 1.73. The van der Waals surface area contributed by atoms with E-state index in [1.807, 2.05) is 6.20 Å². The minimum atomic E-state index is 0.583. The van der Waals surface area contributed by atoms with Gasteiger partial charge in [-0.2, -0.15) is 5.26 Å². The van der Waals surface area contributed by atoms with Crippen LogP contribution in [0.2, 0.25) is 0 Å². The maximum absolute atomic E-state index is 8.59. The number of hydrogen-bond donors (Lipinski definition) is 1. The second-order valence-electron chi connectivity index (χ2n) is 3.98. The van der Waals surface area contributed by atoms with Gasteiger partial charge in [-0.1, -0.05) is 11.6 Å². The van der Waals surface area contributed by atoms with Gasteiger partial charge in [-0.05, 0) is 37.5 Å². The highest BCUT2D eigenvalue weighted by Crippen LogP contribution is 2.23. The number of aryl methyl sites for hydroxylation is 3. The Morgan fingerprint density at radius 1 is 1.33 bits per heavy atom. The molecule has 0 saturated carbocycles. The summed E-state index contributed by atoms with van der Waals surface area (Å²) in [6.45, 7) is 4.22. The van der Waals surface area contributed by atoms with Crippen molar-refractivity contribution < 1.29 is 0 Å². The molecule has 1 heterocycles. The van der Waals surface area contributed by atoms with E-state index in [9.17, 15) is 0 Å². The van der Waals surface area contributed by atoms with E-state index in [4.69, 9.17) is 5.26 Å². The number of nitriles is 1. The molecule has 2 rings (SSSR count). The van der Waals surface area contributed by atoms with Gasteiger partial charge in [0, 0.05) is 23.5 Å². The first-order valence-corrected chi connectivity index (χ1v) is 5.16. The molecule has 1 aromatic carbocycles. The van der Waals surface area contributed by atoms with Gasteiger partial charge in [-0.15, -0.1) is 0 Å². The Balaban J connectivity index is 2.54. The quantitative estimate of drug-likeness (QED) is 0.790. The van der Waals surface area contributed by atoms with Crippen molar-refractivity contribution in [1.82, 2.24) is 4.98 Å². The summed E-state index contributed by atoms with van der Waals surface area (Å²) in [5, 5.41) is 9.85. The third-order valence-electron chi connectivity index (χ3n) is 2.72. The summed E-state index contributed by atoms with van der Waals surface area (Å²) in [4.78, 5) is 3.28. The zero-order valence-corrected chi connectivity index (χ0v) is 9.09. The molecule has 0 radical (unpaired) electrons. The number of fused-ring (bicyclic) bond motifs is 1. The minimum absolute atomic E-state index is 0.583. The Morgan fingerprint density at radius 2 is 2.13 bits per heavy atom. The van der Waals surface area contributed by atoms with E-state index >= 15 is 0 Å². The number of nitrogens with one attached hydrogen (secondary N) is 1. The van der Waals surface area contributed by atoms with Crippen molar-refractivity contribution in [3.8, 4) is 6.07 Å². The van der Waals surface area contributed by atoms with E-state index in [-0.39, 0.29) is 0 Å². The number of nitrogens with zero attached hydrogens (tertiary/aromatic N) is 1. The van der Waals surface area contributed by atoms with E-state index in [1.54, 1.807) is 0 Å². The lowest BCUT2D eigenvalue weighted by Crippen LogP contribution is -1.83. The van der Waals surface area contributed by atoms with Crippen LogP contribution in [0.1, 0.15) is 23.1 Å². The van der Waals surface area contributed by atoms with Crippen molar-refractivity contribution in [3.63, 3.8) is 0 Å². The number of benzene rings is 1. The fourth-order valence-corrected chi connectivity index (χ4v) is 2.05. The van der Waals surface area contributed by atoms with Crippen LogP contribution in [0.4, 0.5) is 0 Å². The molecule has 0 aliphatic carbocycles. The Morgan fingerprint density at radius 3 is 2.87 bits per heavy atom. The second-order valence-corrected chi connectivity index (χ2v) is 3.98. The largest absolute Gasteiger partial charge is 0.361 e. The molecule has 0 spiro atoms. The van der Waals surface area contributed by atoms with Gasteiger partial charge in [0.05, 0.1) is 6.07 Å². The van der Waals surface area contributed by atoms with E-state index < -0.39 is 0 Å². The highest BCUT2D eigenvalue weighted by molar-refractivity contribution is 5.86. The monoisotopic (exact) mass is 198 g/mol. The third-order valence-corrected chi connectivity index (χ3v) is 2.72. The first kappa shape index (κ1) is 9.79. The van der Waals surface area contributed by atoms with Gasteiger partial charge < -0.3 is 4.98 Å². The highest BCUT2D eigenvalue weighted by Gasteiger charge is 2.05. The van der Waals surface area contributed by atoms with E-state index in [0.717, 1.165) is 6.42 Å². The van der Waals surface area contributed by atoms with Crippen molar-refractivity contribution in [3.05, 3.63) is 35.0 Å². The fraction of sp³-hybridized carbons (Fsp3) is 0.308. The van der Waals surface area contributed by atoms with Gasteiger partial charge in [-0.25, -0.2) is 0 Å². The molecule has 0 saturated heterocycles. The summed E-state index contributed by atoms with van der Waals surface area (Å²) >= 11 is 0. The Kier molecular flexibility index (Phi) is 2.47. The lowest BCUT2D eigenvalue weighted by atomic mass is 10.0. The lowest BCUT2D eigenvalue weighted by molar-refractivity contribution is 1.02. The predicted molar refractivity (Wildman–Crippen MR) is 61.7 cm³/mol. The van der Waals surface area contributed by atoms with Crippen LogP contribution < -0.4 is 0 Å². The number of aromatic nitrogens is 1. The molecule has 0 aliphatic rings. The molecule has 15 heavy (non-hydrogen) atoms. The average molecular weight is 198 g/mol. The van der Waals surface area contributed by atoms with Crippen LogP contribution in [0.3, 0.4) is 0 Å². The Hall–Kier alpha value is -1.75. The van der Waals surface area contributed by atoms with Gasteiger partial charge in [-0.3, -0.25) is 0 Å². The van der Waals surface area contributed by atoms with Crippen molar-refractivity contribution in [1.29, 1.82) is 5.26 Å². The van der Waals surface area contributed by atoms with Crippen LogP contribution in [0.5, 0.6) is 0 Å². The number of aromatic amines is 1. The second kappa shape index (κ2) is 3.78. The average Bonchev–Trinajstić information content (AvgIpc) is 2.58. The highest BCUT2D eigenvalue weighted by atomic mass is 14.7. The number of rotatable bonds is 2. The van der Waals surface area contributed by atoms with Crippen LogP contribution in [0.15, 0.2) is 18.3 Å². The van der Waals surface area contributed by atoms with Gasteiger partial charge in [0.1, 0.15) is 0 Å². The molecule has 0 bridgehead atoms. The maximum Gasteiger partial charge on any atom is 0.0625 e. The molecule has 76 valence electrons. The van der Waals surface area contributed by atoms with Gasteiger partial charge in [0.2, 0.25) is 0 Å². The van der Waals surface area contributed by atoms with Gasteiger partial charge >= 0.3 is 0 Å². The number of H-pyrrole nitrogens is 1. The van der Waals surface area contributed by atoms with Crippen molar-refractivity contribution in [2.75, 3.05) is 0 Å². The molecular formula is C13H14N2. The Bertz CT molecular complexity index is 529. The zero-order valence-electron chi connectivity index (χ0n) is 9.09. The van der Waals surface area contributed by atoms with Crippen molar-refractivity contribution >= 4 is 10.9 Å². The van der Waals surface area contributed by atoms with Gasteiger partial charge in [0.15, 0.2) is 0 Å². The Labute approximate surface area is 89.5 Å². The predicted octanol–water partition coefficient (Wildman–Crippen LogP) is 3.24. The SMILES string of the molecule is Cc1cc(C)c2[nH]cc(CCC#N)c2c1. The molecule has 1 aromatic heterocycles. The molecule has 1 N–H and O–H groups in total. The summed E-state index contributed by atoms with van der Waals surface area (Å²) < 4.78 is 0. The number of hydrogen-bond acceptors (Lipinski definition) is 1. The lowest BCUT2D eigenvalue weighted by Gasteiger charge is -2.00. The molecule has 2 aromatic rings. The summed E-state index contributed by atoms with van der Waals surface area (Å²) in [5.41, 5.74) is 5.00. The maximum atomic E-state index is 8.59. The first-order chi connectivity index (χ1) is 7.22. The van der Waals surface area contributed by atoms with Crippen molar-refractivity contribution in [2.45, 2.75) is 26.7 Å². The van der Waals surface area contributed by atoms with Crippen LogP contribution in [-0.2, 0) is 6.42 Å². The molecule has 2 heteroatoms. The summed E-state index contributed by atoms with van der Waals surface area (Å²) in [6.07, 6.45) is 3.44. The van der Waals surface area contributed by atoms with Crippen LogP contribution in [-0.4, -0.2) is 4.98 Å². The molecule has 2 nitrogen and oxygen atoms in total. The smallest absolute Gasteiger partial charge is 0.0625 e. The molecule has 0 amide bonds. The molecule has 0 unspecified atom stereocenters. The summed E-state index contributed by atoms with van der Waals surface area (Å²) in [5.74, 6) is 0. The zero-order chi connectivity index (χ0) is 10.8. The standard InChI is InChI=1S/C13H14N2/c1-9-6-10(2)13-12(7-9)11(8-15-13)4-3-5-14/h6-8,15H,3-4H2,1-2H3. The van der Waals surface area contributed by atoms with Crippen LogP contribution in [0.25, 0.3) is 10.9 Å². The van der Waals surface area contributed by atoms with Crippen molar-refractivity contribution in [2.24, 2.45) is 0 Å². The fourth-order valence-electron chi connectivity index (χ4n) is 2.05. The van der Waals surface area contributed by atoms with E-state index in [0.29, 0.717) is 6.42 Å². The summed E-state index contributed by atoms with van der Waals surface area (Å²) in [6, 6.07) is 6.55. The van der Waals surface area contributed by atoms with E-state index in [2.05, 4.69) is 37.0 Å². The first-order valence-electron chi connectivity index (χ1n) is 5.16. The molecular weight excluding hydrogens is 184 g/mol. The molecule has 0 fully saturated rings. The molecule has 0 aliphatic heterocycles. The topological polar surface area (TPSA) is 39.6 Å². The van der Waals surface area contributed by atoms with Crippen LogP contribution >= 0.6 is 0 Å². The normalized spacial score (nSPS) is 10.5.